The number of halogens is 2. The number of nitrogens with one attached hydrogen (secondary N) is 1. The molecule has 0 fully saturated rings. The van der Waals surface area contributed by atoms with Crippen LogP contribution in [0, 0.1) is 11.6 Å². The maximum Gasteiger partial charge on any atom is 0.126 e. The van der Waals surface area contributed by atoms with E-state index in [9.17, 15) is 13.9 Å². The average molecular weight is 277 g/mol. The van der Waals surface area contributed by atoms with E-state index in [2.05, 4.69) is 5.32 Å². The molecule has 2 rings (SSSR count). The molecule has 0 amide bonds. The number of aliphatic hydroxyl groups excluding tert-OH is 1. The van der Waals surface area contributed by atoms with Gasteiger partial charge in [-0.15, -0.1) is 0 Å². The maximum absolute atomic E-state index is 13.4. The first-order valence-electron chi connectivity index (χ1n) is 6.54. The third kappa shape index (κ3) is 4.11. The SMILES string of the molecule is OC(CNCCc1ccccc1F)c1cccc(F)c1. The molecule has 4 heteroatoms. The van der Waals surface area contributed by atoms with Gasteiger partial charge in [0.15, 0.2) is 0 Å². The van der Waals surface area contributed by atoms with E-state index in [-0.39, 0.29) is 11.6 Å². The molecule has 0 aromatic heterocycles. The second-order valence-corrected chi connectivity index (χ2v) is 4.62. The first-order valence-corrected chi connectivity index (χ1v) is 6.54. The lowest BCUT2D eigenvalue weighted by molar-refractivity contribution is 0.174. The topological polar surface area (TPSA) is 32.3 Å². The summed E-state index contributed by atoms with van der Waals surface area (Å²) in [6.07, 6.45) is -0.228. The maximum atomic E-state index is 13.4. The Morgan fingerprint density at radius 2 is 1.85 bits per heavy atom. The van der Waals surface area contributed by atoms with Crippen LogP contribution in [0.3, 0.4) is 0 Å². The largest absolute Gasteiger partial charge is 0.387 e. The van der Waals surface area contributed by atoms with Crippen molar-refractivity contribution in [3.05, 3.63) is 71.3 Å². The molecule has 2 nitrogen and oxygen atoms in total. The Morgan fingerprint density at radius 1 is 1.05 bits per heavy atom. The summed E-state index contributed by atoms with van der Waals surface area (Å²) in [5.41, 5.74) is 1.17. The van der Waals surface area contributed by atoms with Crippen molar-refractivity contribution in [3.63, 3.8) is 0 Å². The molecule has 1 unspecified atom stereocenters. The van der Waals surface area contributed by atoms with Gasteiger partial charge < -0.3 is 10.4 Å². The van der Waals surface area contributed by atoms with E-state index >= 15 is 0 Å². The first-order chi connectivity index (χ1) is 9.66. The number of hydrogen-bond donors (Lipinski definition) is 2. The van der Waals surface area contributed by atoms with Crippen molar-refractivity contribution in [2.75, 3.05) is 13.1 Å². The van der Waals surface area contributed by atoms with Gasteiger partial charge in [-0.2, -0.15) is 0 Å². The molecule has 0 spiro atoms. The Balaban J connectivity index is 1.77. The lowest BCUT2D eigenvalue weighted by atomic mass is 10.1. The summed E-state index contributed by atoms with van der Waals surface area (Å²) < 4.78 is 26.4. The zero-order chi connectivity index (χ0) is 14.4. The molecule has 0 radical (unpaired) electrons. The van der Waals surface area contributed by atoms with Gasteiger partial charge in [-0.1, -0.05) is 30.3 Å². The predicted molar refractivity (Wildman–Crippen MR) is 74.3 cm³/mol. The van der Waals surface area contributed by atoms with Crippen molar-refractivity contribution in [1.82, 2.24) is 5.32 Å². The molecule has 0 saturated heterocycles. The van der Waals surface area contributed by atoms with Crippen LogP contribution in [0.4, 0.5) is 8.78 Å². The van der Waals surface area contributed by atoms with Gasteiger partial charge in [-0.3, -0.25) is 0 Å². The molecule has 1 atom stereocenters. The Kier molecular flexibility index (Phi) is 5.21. The van der Waals surface area contributed by atoms with Crippen molar-refractivity contribution in [2.24, 2.45) is 0 Å². The van der Waals surface area contributed by atoms with Crippen LogP contribution in [0.5, 0.6) is 0 Å². The Hall–Kier alpha value is -1.78. The summed E-state index contributed by atoms with van der Waals surface area (Å²) >= 11 is 0. The minimum atomic E-state index is -0.772. The van der Waals surface area contributed by atoms with Crippen molar-refractivity contribution in [1.29, 1.82) is 0 Å². The fourth-order valence-electron chi connectivity index (χ4n) is 1.99. The minimum absolute atomic E-state index is 0.222. The third-order valence-electron chi connectivity index (χ3n) is 3.10. The van der Waals surface area contributed by atoms with Crippen LogP contribution in [0.2, 0.25) is 0 Å². The van der Waals surface area contributed by atoms with Gasteiger partial charge in [0.25, 0.3) is 0 Å². The van der Waals surface area contributed by atoms with Gasteiger partial charge in [0.2, 0.25) is 0 Å². The monoisotopic (exact) mass is 277 g/mol. The van der Waals surface area contributed by atoms with Crippen molar-refractivity contribution >= 4 is 0 Å². The molecule has 2 aromatic rings. The quantitative estimate of drug-likeness (QED) is 0.796. The van der Waals surface area contributed by atoms with Crippen molar-refractivity contribution in [3.8, 4) is 0 Å². The van der Waals surface area contributed by atoms with Gasteiger partial charge in [0.05, 0.1) is 6.10 Å². The summed E-state index contributed by atoms with van der Waals surface area (Å²) in [5.74, 6) is -0.590. The van der Waals surface area contributed by atoms with Crippen LogP contribution < -0.4 is 5.32 Å². The average Bonchev–Trinajstić information content (AvgIpc) is 2.45. The summed E-state index contributed by atoms with van der Waals surface area (Å²) in [7, 11) is 0. The van der Waals surface area contributed by atoms with Gasteiger partial charge >= 0.3 is 0 Å². The second-order valence-electron chi connectivity index (χ2n) is 4.62. The fraction of sp³-hybridized carbons (Fsp3) is 0.250. The molecule has 20 heavy (non-hydrogen) atoms. The number of benzene rings is 2. The lowest BCUT2D eigenvalue weighted by Gasteiger charge is -2.12. The minimum Gasteiger partial charge on any atom is -0.387 e. The Bertz CT molecular complexity index is 560. The highest BCUT2D eigenvalue weighted by molar-refractivity contribution is 5.19. The molecule has 0 aliphatic rings. The van der Waals surface area contributed by atoms with E-state index in [0.717, 1.165) is 0 Å². The smallest absolute Gasteiger partial charge is 0.126 e. The number of hydrogen-bond acceptors (Lipinski definition) is 2. The van der Waals surface area contributed by atoms with Gasteiger partial charge in [-0.25, -0.2) is 8.78 Å². The summed E-state index contributed by atoms with van der Waals surface area (Å²) in [4.78, 5) is 0. The molecule has 0 aliphatic carbocycles. The van der Waals surface area contributed by atoms with Crippen LogP contribution in [0.1, 0.15) is 17.2 Å². The van der Waals surface area contributed by atoms with Crippen molar-refractivity contribution < 1.29 is 13.9 Å². The van der Waals surface area contributed by atoms with Crippen LogP contribution in [-0.4, -0.2) is 18.2 Å². The summed E-state index contributed by atoms with van der Waals surface area (Å²) in [6, 6.07) is 12.5. The summed E-state index contributed by atoms with van der Waals surface area (Å²) in [5, 5.41) is 12.9. The van der Waals surface area contributed by atoms with Crippen LogP contribution >= 0.6 is 0 Å². The molecule has 2 aromatic carbocycles. The van der Waals surface area contributed by atoms with Gasteiger partial charge in [0.1, 0.15) is 11.6 Å². The lowest BCUT2D eigenvalue weighted by Crippen LogP contribution is -2.24. The van der Waals surface area contributed by atoms with Crippen LogP contribution in [0.25, 0.3) is 0 Å². The highest BCUT2D eigenvalue weighted by Gasteiger charge is 2.08. The molecule has 0 saturated carbocycles. The van der Waals surface area contributed by atoms with E-state index in [1.807, 2.05) is 0 Å². The molecule has 0 bridgehead atoms. The van der Waals surface area contributed by atoms with E-state index in [1.54, 1.807) is 30.3 Å². The normalized spacial score (nSPS) is 12.3. The fourth-order valence-corrected chi connectivity index (χ4v) is 1.99. The molecule has 106 valence electrons. The van der Waals surface area contributed by atoms with E-state index in [0.29, 0.717) is 30.6 Å². The summed E-state index contributed by atoms with van der Waals surface area (Å²) in [6.45, 7) is 0.852. The van der Waals surface area contributed by atoms with Gasteiger partial charge in [0, 0.05) is 6.54 Å². The van der Waals surface area contributed by atoms with E-state index < -0.39 is 6.10 Å². The van der Waals surface area contributed by atoms with E-state index in [1.165, 1.54) is 18.2 Å². The predicted octanol–water partition coefficient (Wildman–Crippen LogP) is 2.83. The molecule has 0 heterocycles. The van der Waals surface area contributed by atoms with E-state index in [4.69, 9.17) is 0 Å². The standard InChI is InChI=1S/C16H17F2NO/c17-14-6-3-5-13(10-14)16(20)11-19-9-8-12-4-1-2-7-15(12)18/h1-7,10,16,19-20H,8-9,11H2. The molecular weight excluding hydrogens is 260 g/mol. The Morgan fingerprint density at radius 3 is 2.60 bits per heavy atom. The molecule has 0 aliphatic heterocycles. The second kappa shape index (κ2) is 7.12. The van der Waals surface area contributed by atoms with Crippen LogP contribution in [0.15, 0.2) is 48.5 Å². The van der Waals surface area contributed by atoms with Crippen molar-refractivity contribution in [2.45, 2.75) is 12.5 Å². The zero-order valence-electron chi connectivity index (χ0n) is 11.0. The van der Waals surface area contributed by atoms with Crippen LogP contribution in [-0.2, 0) is 6.42 Å². The first kappa shape index (κ1) is 14.6. The molecular formula is C16H17F2NO. The number of rotatable bonds is 6. The zero-order valence-corrected chi connectivity index (χ0v) is 11.0. The highest BCUT2D eigenvalue weighted by Crippen LogP contribution is 2.13. The Labute approximate surface area is 117 Å². The number of aliphatic hydroxyl groups is 1. The highest BCUT2D eigenvalue weighted by atomic mass is 19.1. The van der Waals surface area contributed by atoms with Gasteiger partial charge in [-0.05, 0) is 42.3 Å². The third-order valence-corrected chi connectivity index (χ3v) is 3.10. The molecule has 2 N–H and O–H groups in total.